The zero-order chi connectivity index (χ0) is 14.7. The Morgan fingerprint density at radius 2 is 1.95 bits per heavy atom. The highest BCUT2D eigenvalue weighted by Crippen LogP contribution is 2.24. The average molecular weight is 298 g/mol. The first-order valence-electron chi connectivity index (χ1n) is 6.46. The van der Waals surface area contributed by atoms with Gasteiger partial charge in [-0.1, -0.05) is 47.3 Å². The van der Waals surface area contributed by atoms with Gasteiger partial charge in [0.1, 0.15) is 17.3 Å². The maximum Gasteiger partial charge on any atom is 0.190 e. The molecule has 0 bridgehead atoms. The maximum atomic E-state index is 5.71. The molecule has 6 heteroatoms. The number of hydrogen-bond acceptors (Lipinski definition) is 6. The van der Waals surface area contributed by atoms with E-state index in [2.05, 4.69) is 15.1 Å². The molecule has 0 saturated heterocycles. The van der Waals surface area contributed by atoms with Crippen LogP contribution >= 0.6 is 11.8 Å². The first-order chi connectivity index (χ1) is 10.2. The lowest BCUT2D eigenvalue weighted by atomic mass is 10.1. The topological polar surface area (TPSA) is 77.8 Å². The highest BCUT2D eigenvalue weighted by Gasteiger charge is 2.08. The third-order valence-electron chi connectivity index (χ3n) is 2.83. The van der Waals surface area contributed by atoms with Crippen LogP contribution in [0.3, 0.4) is 0 Å². The standard InChI is InChI=1S/C15H14N4OS/c1-10-7-14(16)18-15(17-10)21-9-12-8-13(19-20-12)11-5-3-2-4-6-11/h2-8H,9H2,1H3,(H2,16,17,18). The van der Waals surface area contributed by atoms with Crippen molar-refractivity contribution in [2.75, 3.05) is 5.73 Å². The van der Waals surface area contributed by atoms with Crippen molar-refractivity contribution in [2.24, 2.45) is 0 Å². The van der Waals surface area contributed by atoms with Crippen molar-refractivity contribution in [3.8, 4) is 11.3 Å². The number of thioether (sulfide) groups is 1. The van der Waals surface area contributed by atoms with Gasteiger partial charge in [0.05, 0.1) is 5.75 Å². The average Bonchev–Trinajstić information content (AvgIpc) is 2.94. The molecule has 0 amide bonds. The molecule has 2 N–H and O–H groups in total. The summed E-state index contributed by atoms with van der Waals surface area (Å²) >= 11 is 1.47. The minimum absolute atomic E-state index is 0.479. The minimum Gasteiger partial charge on any atom is -0.384 e. The lowest BCUT2D eigenvalue weighted by Gasteiger charge is -2.00. The van der Waals surface area contributed by atoms with Crippen LogP contribution in [0, 0.1) is 6.92 Å². The predicted molar refractivity (Wildman–Crippen MR) is 82.7 cm³/mol. The Bertz CT molecular complexity index is 722. The SMILES string of the molecule is Cc1cc(N)nc(SCc2cc(-c3ccccc3)no2)n1. The summed E-state index contributed by atoms with van der Waals surface area (Å²) in [5.74, 6) is 1.87. The molecule has 2 heterocycles. The van der Waals surface area contributed by atoms with Crippen molar-refractivity contribution in [3.05, 3.63) is 53.9 Å². The van der Waals surface area contributed by atoms with Gasteiger partial charge in [0.25, 0.3) is 0 Å². The van der Waals surface area contributed by atoms with Gasteiger partial charge < -0.3 is 10.3 Å². The molecule has 3 rings (SSSR count). The molecular formula is C15H14N4OS. The molecule has 5 nitrogen and oxygen atoms in total. The van der Waals surface area contributed by atoms with E-state index in [-0.39, 0.29) is 0 Å². The third-order valence-corrected chi connectivity index (χ3v) is 3.70. The third kappa shape index (κ3) is 3.41. The summed E-state index contributed by atoms with van der Waals surface area (Å²) < 4.78 is 5.34. The number of nitrogen functional groups attached to an aromatic ring is 1. The quantitative estimate of drug-likeness (QED) is 0.588. The van der Waals surface area contributed by atoms with Gasteiger partial charge in [-0.05, 0) is 6.92 Å². The highest BCUT2D eigenvalue weighted by molar-refractivity contribution is 7.98. The number of benzene rings is 1. The van der Waals surface area contributed by atoms with E-state index in [1.807, 2.05) is 43.3 Å². The van der Waals surface area contributed by atoms with Crippen LogP contribution in [-0.2, 0) is 5.75 Å². The largest absolute Gasteiger partial charge is 0.384 e. The summed E-state index contributed by atoms with van der Waals surface area (Å²) in [6.07, 6.45) is 0. The summed E-state index contributed by atoms with van der Waals surface area (Å²) in [5, 5.41) is 4.72. The second-order valence-electron chi connectivity index (χ2n) is 4.55. The van der Waals surface area contributed by atoms with E-state index in [9.17, 15) is 0 Å². The molecule has 106 valence electrons. The number of aryl methyl sites for hydroxylation is 1. The summed E-state index contributed by atoms with van der Waals surface area (Å²) in [6, 6.07) is 13.6. The molecule has 0 saturated carbocycles. The van der Waals surface area contributed by atoms with Gasteiger partial charge in [0.15, 0.2) is 5.16 Å². The monoisotopic (exact) mass is 298 g/mol. The van der Waals surface area contributed by atoms with Crippen molar-refractivity contribution in [1.82, 2.24) is 15.1 Å². The second kappa shape index (κ2) is 5.97. The molecule has 0 aliphatic carbocycles. The fourth-order valence-electron chi connectivity index (χ4n) is 1.89. The van der Waals surface area contributed by atoms with Crippen molar-refractivity contribution in [3.63, 3.8) is 0 Å². The van der Waals surface area contributed by atoms with Crippen LogP contribution in [0.25, 0.3) is 11.3 Å². The van der Waals surface area contributed by atoms with Gasteiger partial charge in [0, 0.05) is 23.4 Å². The van der Waals surface area contributed by atoms with Gasteiger partial charge in [-0.15, -0.1) is 0 Å². The molecule has 1 aromatic carbocycles. The van der Waals surface area contributed by atoms with Gasteiger partial charge in [-0.25, -0.2) is 9.97 Å². The summed E-state index contributed by atoms with van der Waals surface area (Å²) in [4.78, 5) is 8.51. The zero-order valence-electron chi connectivity index (χ0n) is 11.5. The van der Waals surface area contributed by atoms with Crippen LogP contribution in [0.1, 0.15) is 11.5 Å². The summed E-state index contributed by atoms with van der Waals surface area (Å²) in [6.45, 7) is 1.89. The smallest absolute Gasteiger partial charge is 0.190 e. The van der Waals surface area contributed by atoms with Crippen LogP contribution in [0.15, 0.2) is 52.1 Å². The molecule has 0 radical (unpaired) electrons. The number of hydrogen-bond donors (Lipinski definition) is 1. The van der Waals surface area contributed by atoms with Gasteiger partial charge in [-0.3, -0.25) is 0 Å². The number of nitrogens with zero attached hydrogens (tertiary/aromatic N) is 3. The van der Waals surface area contributed by atoms with E-state index in [0.717, 1.165) is 22.7 Å². The Kier molecular flexibility index (Phi) is 3.87. The zero-order valence-corrected chi connectivity index (χ0v) is 12.3. The number of rotatable bonds is 4. The van der Waals surface area contributed by atoms with E-state index in [1.165, 1.54) is 11.8 Å². The van der Waals surface area contributed by atoms with Crippen molar-refractivity contribution >= 4 is 17.6 Å². The fraction of sp³-hybridized carbons (Fsp3) is 0.133. The van der Waals surface area contributed by atoms with E-state index >= 15 is 0 Å². The first kappa shape index (κ1) is 13.6. The van der Waals surface area contributed by atoms with E-state index in [1.54, 1.807) is 6.07 Å². The first-order valence-corrected chi connectivity index (χ1v) is 7.44. The van der Waals surface area contributed by atoms with Crippen molar-refractivity contribution in [2.45, 2.75) is 17.8 Å². The normalized spacial score (nSPS) is 10.7. The van der Waals surface area contributed by atoms with Crippen LogP contribution in [0.2, 0.25) is 0 Å². The fourth-order valence-corrected chi connectivity index (χ4v) is 2.68. The lowest BCUT2D eigenvalue weighted by Crippen LogP contribution is -1.96. The Balaban J connectivity index is 1.70. The number of anilines is 1. The highest BCUT2D eigenvalue weighted by atomic mass is 32.2. The molecule has 3 aromatic rings. The molecule has 0 atom stereocenters. The van der Waals surface area contributed by atoms with Gasteiger partial charge in [-0.2, -0.15) is 0 Å². The number of nitrogens with two attached hydrogens (primary N) is 1. The van der Waals surface area contributed by atoms with Crippen LogP contribution in [0.4, 0.5) is 5.82 Å². The molecule has 0 spiro atoms. The molecule has 21 heavy (non-hydrogen) atoms. The van der Waals surface area contributed by atoms with Gasteiger partial charge in [0.2, 0.25) is 0 Å². The summed E-state index contributed by atoms with van der Waals surface area (Å²) in [7, 11) is 0. The Morgan fingerprint density at radius 3 is 2.71 bits per heavy atom. The Hall–Kier alpha value is -2.34. The molecule has 0 aliphatic heterocycles. The predicted octanol–water partition coefficient (Wildman–Crippen LogP) is 3.31. The Morgan fingerprint density at radius 1 is 1.14 bits per heavy atom. The summed E-state index contributed by atoms with van der Waals surface area (Å²) in [5.41, 5.74) is 8.43. The lowest BCUT2D eigenvalue weighted by molar-refractivity contribution is 0.397. The maximum absolute atomic E-state index is 5.71. The molecule has 0 aliphatic rings. The molecular weight excluding hydrogens is 284 g/mol. The Labute approximate surface area is 126 Å². The molecule has 0 fully saturated rings. The van der Waals surface area contributed by atoms with E-state index in [0.29, 0.717) is 16.7 Å². The van der Waals surface area contributed by atoms with Crippen molar-refractivity contribution in [1.29, 1.82) is 0 Å². The van der Waals surface area contributed by atoms with Crippen LogP contribution in [0.5, 0.6) is 0 Å². The molecule has 2 aromatic heterocycles. The van der Waals surface area contributed by atoms with Gasteiger partial charge >= 0.3 is 0 Å². The molecule has 0 unspecified atom stereocenters. The van der Waals surface area contributed by atoms with E-state index < -0.39 is 0 Å². The minimum atomic E-state index is 0.479. The number of aromatic nitrogens is 3. The van der Waals surface area contributed by atoms with Crippen molar-refractivity contribution < 1.29 is 4.52 Å². The second-order valence-corrected chi connectivity index (χ2v) is 5.49. The van der Waals surface area contributed by atoms with Crippen LogP contribution < -0.4 is 5.73 Å². The van der Waals surface area contributed by atoms with E-state index in [4.69, 9.17) is 10.3 Å². The van der Waals surface area contributed by atoms with Crippen LogP contribution in [-0.4, -0.2) is 15.1 Å².